The molecule has 0 fully saturated rings. The molecular weight excluding hydrogens is 417 g/mol. The van der Waals surface area contributed by atoms with E-state index in [1.807, 2.05) is 13.0 Å². The van der Waals surface area contributed by atoms with Crippen LogP contribution in [0, 0.1) is 6.92 Å². The molecule has 1 aromatic heterocycles. The molecule has 2 N–H and O–H groups in total. The smallest absolute Gasteiger partial charge is 0.493 e. The minimum absolute atomic E-state index is 0.0431. The number of phosphoric ester groups is 1. The molecule has 0 amide bonds. The van der Waals surface area contributed by atoms with E-state index in [9.17, 15) is 14.4 Å². The molecule has 0 spiro atoms. The molecule has 0 radical (unpaired) electrons. The van der Waals surface area contributed by atoms with Crippen LogP contribution in [-0.4, -0.2) is 36.0 Å². The minimum Gasteiger partial charge on any atom is -0.493 e. The number of phosphoric acid groups is 1. The Kier molecular flexibility index (Phi) is 5.07. The van der Waals surface area contributed by atoms with Gasteiger partial charge in [0.2, 0.25) is 12.5 Å². The first-order valence-electron chi connectivity index (χ1n) is 8.67. The molecule has 11 heteroatoms. The van der Waals surface area contributed by atoms with Gasteiger partial charge >= 0.3 is 7.82 Å². The summed E-state index contributed by atoms with van der Waals surface area (Å²) in [5.41, 5.74) is 3.11. The summed E-state index contributed by atoms with van der Waals surface area (Å²) in [6.07, 6.45) is 1.41. The monoisotopic (exact) mass is 435 g/mol. The highest BCUT2D eigenvalue weighted by Gasteiger charge is 2.25. The molecule has 1 aliphatic rings. The maximum absolute atomic E-state index is 11.4. The van der Waals surface area contributed by atoms with Crippen LogP contribution in [-0.2, 0) is 4.57 Å². The Bertz CT molecular complexity index is 1150. The molecule has 0 atom stereocenters. The van der Waals surface area contributed by atoms with Gasteiger partial charge in [0.1, 0.15) is 12.0 Å². The standard InChI is InChI=1S/C19H18NO9P/c1-10-4-12(7-15-18(10)27-9-26-15)17-13(8-28-20-17)11-5-14(24-2)19(25-3)16(6-11)29-30(21,22)23/h4-8H,9H2,1-3H3,(H2,21,22,23). The average Bonchev–Trinajstić information content (AvgIpc) is 3.35. The van der Waals surface area contributed by atoms with E-state index in [2.05, 4.69) is 5.16 Å². The molecule has 4 rings (SSSR count). The first-order chi connectivity index (χ1) is 14.3. The van der Waals surface area contributed by atoms with E-state index >= 15 is 0 Å². The fraction of sp³-hybridized carbons (Fsp3) is 0.211. The summed E-state index contributed by atoms with van der Waals surface area (Å²) in [6, 6.07) is 6.70. The van der Waals surface area contributed by atoms with Crippen LogP contribution >= 0.6 is 7.82 Å². The van der Waals surface area contributed by atoms with E-state index in [1.165, 1.54) is 26.5 Å². The Morgan fingerprint density at radius 1 is 1.03 bits per heavy atom. The predicted octanol–water partition coefficient (Wildman–Crippen LogP) is 3.53. The van der Waals surface area contributed by atoms with E-state index < -0.39 is 7.82 Å². The Hall–Kier alpha value is -3.20. The van der Waals surface area contributed by atoms with Crippen molar-refractivity contribution in [3.05, 3.63) is 36.1 Å². The van der Waals surface area contributed by atoms with E-state index in [-0.39, 0.29) is 24.0 Å². The molecule has 0 bridgehead atoms. The first kappa shape index (κ1) is 20.1. The fourth-order valence-electron chi connectivity index (χ4n) is 3.25. The summed E-state index contributed by atoms with van der Waals surface area (Å²) in [5, 5.41) is 4.09. The highest BCUT2D eigenvalue weighted by molar-refractivity contribution is 7.46. The zero-order valence-electron chi connectivity index (χ0n) is 16.2. The van der Waals surface area contributed by atoms with Crippen LogP contribution in [0.1, 0.15) is 5.56 Å². The predicted molar refractivity (Wildman–Crippen MR) is 104 cm³/mol. The first-order valence-corrected chi connectivity index (χ1v) is 10.2. The molecule has 2 heterocycles. The van der Waals surface area contributed by atoms with Gasteiger partial charge in [0.15, 0.2) is 23.0 Å². The van der Waals surface area contributed by atoms with Gasteiger partial charge in [-0.1, -0.05) is 5.16 Å². The molecule has 3 aromatic rings. The number of nitrogens with zero attached hydrogens (tertiary/aromatic N) is 1. The lowest BCUT2D eigenvalue weighted by molar-refractivity contribution is 0.173. The van der Waals surface area contributed by atoms with Crippen LogP contribution in [0.4, 0.5) is 0 Å². The van der Waals surface area contributed by atoms with Crippen molar-refractivity contribution in [2.24, 2.45) is 0 Å². The molecule has 0 unspecified atom stereocenters. The second-order valence-electron chi connectivity index (χ2n) is 6.40. The molecule has 10 nitrogen and oxygen atoms in total. The molecule has 0 saturated carbocycles. The van der Waals surface area contributed by atoms with Crippen molar-refractivity contribution in [1.29, 1.82) is 0 Å². The van der Waals surface area contributed by atoms with E-state index in [4.69, 9.17) is 28.0 Å². The number of hydrogen-bond donors (Lipinski definition) is 2. The van der Waals surface area contributed by atoms with Crippen LogP contribution in [0.25, 0.3) is 22.4 Å². The summed E-state index contributed by atoms with van der Waals surface area (Å²) in [4.78, 5) is 18.5. The lowest BCUT2D eigenvalue weighted by Gasteiger charge is -2.16. The summed E-state index contributed by atoms with van der Waals surface area (Å²) >= 11 is 0. The molecule has 0 saturated heterocycles. The van der Waals surface area contributed by atoms with Crippen LogP contribution in [0.2, 0.25) is 0 Å². The summed E-state index contributed by atoms with van der Waals surface area (Å²) in [5.74, 6) is 1.34. The van der Waals surface area contributed by atoms with Crippen molar-refractivity contribution < 1.29 is 42.3 Å². The Balaban J connectivity index is 1.85. The van der Waals surface area contributed by atoms with E-state index in [0.29, 0.717) is 33.9 Å². The van der Waals surface area contributed by atoms with Gasteiger partial charge in [-0.2, -0.15) is 0 Å². The van der Waals surface area contributed by atoms with Crippen LogP contribution in [0.3, 0.4) is 0 Å². The molecular formula is C19H18NO9P. The summed E-state index contributed by atoms with van der Waals surface area (Å²) in [6.45, 7) is 2.03. The molecule has 2 aromatic carbocycles. The average molecular weight is 435 g/mol. The number of ether oxygens (including phenoxy) is 4. The maximum atomic E-state index is 11.4. The van der Waals surface area contributed by atoms with Crippen molar-refractivity contribution in [1.82, 2.24) is 5.16 Å². The maximum Gasteiger partial charge on any atom is 0.524 e. The SMILES string of the molecule is COc1cc(-c2conc2-c2cc(C)c3c(c2)OCO3)cc(OP(=O)(O)O)c1OC. The zero-order chi connectivity index (χ0) is 21.5. The fourth-order valence-corrected chi connectivity index (χ4v) is 3.64. The number of fused-ring (bicyclic) bond motifs is 1. The summed E-state index contributed by atoms with van der Waals surface area (Å²) in [7, 11) is -2.11. The van der Waals surface area contributed by atoms with Crippen LogP contribution in [0.5, 0.6) is 28.7 Å². The number of rotatable bonds is 6. The molecule has 1 aliphatic heterocycles. The number of benzene rings is 2. The molecule has 0 aliphatic carbocycles. The Morgan fingerprint density at radius 3 is 2.50 bits per heavy atom. The quantitative estimate of drug-likeness (QED) is 0.555. The van der Waals surface area contributed by atoms with Gasteiger partial charge in [0.05, 0.1) is 14.2 Å². The van der Waals surface area contributed by atoms with E-state index in [1.54, 1.807) is 12.1 Å². The van der Waals surface area contributed by atoms with Gasteiger partial charge in [-0.15, -0.1) is 0 Å². The second-order valence-corrected chi connectivity index (χ2v) is 7.56. The van der Waals surface area contributed by atoms with Crippen LogP contribution < -0.4 is 23.5 Å². The highest BCUT2D eigenvalue weighted by Crippen LogP contribution is 2.49. The molecule has 158 valence electrons. The van der Waals surface area contributed by atoms with Crippen molar-refractivity contribution in [2.75, 3.05) is 21.0 Å². The van der Waals surface area contributed by atoms with Gasteiger partial charge in [-0.05, 0) is 42.3 Å². The minimum atomic E-state index is -4.85. The number of hydrogen-bond acceptors (Lipinski definition) is 8. The van der Waals surface area contributed by atoms with Gasteiger partial charge in [0.25, 0.3) is 0 Å². The zero-order valence-corrected chi connectivity index (χ0v) is 17.1. The Morgan fingerprint density at radius 2 is 1.80 bits per heavy atom. The third-order valence-electron chi connectivity index (χ3n) is 4.47. The van der Waals surface area contributed by atoms with Crippen LogP contribution in [0.15, 0.2) is 35.1 Å². The third kappa shape index (κ3) is 3.68. The normalized spacial score (nSPS) is 12.7. The van der Waals surface area contributed by atoms with Crippen molar-refractivity contribution >= 4 is 7.82 Å². The lowest BCUT2D eigenvalue weighted by Crippen LogP contribution is -1.98. The van der Waals surface area contributed by atoms with Gasteiger partial charge < -0.3 is 28.0 Å². The summed E-state index contributed by atoms with van der Waals surface area (Å²) < 4.78 is 42.9. The molecule has 30 heavy (non-hydrogen) atoms. The van der Waals surface area contributed by atoms with Gasteiger partial charge in [0, 0.05) is 11.1 Å². The number of aryl methyl sites for hydroxylation is 1. The topological polar surface area (TPSA) is 130 Å². The number of aromatic nitrogens is 1. The Labute approximate surface area is 171 Å². The van der Waals surface area contributed by atoms with Crippen molar-refractivity contribution in [3.8, 4) is 51.1 Å². The lowest BCUT2D eigenvalue weighted by atomic mass is 9.99. The second kappa shape index (κ2) is 7.56. The number of methoxy groups -OCH3 is 2. The van der Waals surface area contributed by atoms with Crippen molar-refractivity contribution in [2.45, 2.75) is 6.92 Å². The third-order valence-corrected chi connectivity index (χ3v) is 4.91. The van der Waals surface area contributed by atoms with E-state index in [0.717, 1.165) is 5.56 Å². The largest absolute Gasteiger partial charge is 0.524 e. The van der Waals surface area contributed by atoms with Gasteiger partial charge in [-0.25, -0.2) is 4.57 Å². The van der Waals surface area contributed by atoms with Crippen molar-refractivity contribution in [3.63, 3.8) is 0 Å². The van der Waals surface area contributed by atoms with Gasteiger partial charge in [-0.3, -0.25) is 9.79 Å². The highest BCUT2D eigenvalue weighted by atomic mass is 31.2.